The van der Waals surface area contributed by atoms with Crippen LogP contribution in [0.4, 0.5) is 35.6 Å². The van der Waals surface area contributed by atoms with Gasteiger partial charge >= 0.3 is 35.4 Å². The number of aromatic nitrogens is 4. The third-order valence-electron chi connectivity index (χ3n) is 7.90. The van der Waals surface area contributed by atoms with Crippen LogP contribution in [0.2, 0.25) is 0 Å². The number of hydrogen-bond donors (Lipinski definition) is 6. The number of phosphoric ester groups is 1. The fourth-order valence-electron chi connectivity index (χ4n) is 5.48. The first-order valence-electron chi connectivity index (χ1n) is 16.6. The minimum absolute atomic E-state index is 0.0222. The van der Waals surface area contributed by atoms with Crippen molar-refractivity contribution in [3.05, 3.63) is 102 Å². The summed E-state index contributed by atoms with van der Waals surface area (Å²) in [4.78, 5) is 70.3. The summed E-state index contributed by atoms with van der Waals surface area (Å²) in [5.74, 6) is -1.29. The minimum atomic E-state index is -5.83. The quantitative estimate of drug-likeness (QED) is 0.0388. The first kappa shape index (κ1) is 43.7. The number of nitrogens with two attached hydrogens (primary N) is 1. The number of thioether (sulfide) groups is 1. The lowest BCUT2D eigenvalue weighted by Crippen LogP contribution is -2.42. The molecule has 0 aliphatic carbocycles. The van der Waals surface area contributed by atoms with Crippen LogP contribution in [-0.2, 0) is 47.2 Å². The molecule has 3 aromatic carbocycles. The number of imidazole rings is 1. The van der Waals surface area contributed by atoms with Gasteiger partial charge in [0.05, 0.1) is 19.1 Å². The van der Waals surface area contributed by atoms with E-state index in [1.807, 2.05) is 0 Å². The van der Waals surface area contributed by atoms with E-state index in [-0.39, 0.29) is 39.1 Å². The maximum Gasteiger partial charge on any atom is 0.488 e. The molecule has 5 aromatic rings. The maximum atomic E-state index is 13.6. The predicted octanol–water partition coefficient (Wildman–Crippen LogP) is 6.18. The summed E-state index contributed by atoms with van der Waals surface area (Å²) in [5, 5.41) is 4.89. The molecule has 7 N–H and O–H groups in total. The number of ether oxygens (including phenoxy) is 3. The molecule has 2 amide bonds. The van der Waals surface area contributed by atoms with E-state index >= 15 is 0 Å². The average Bonchev–Trinajstić information content (AvgIpc) is 3.73. The van der Waals surface area contributed by atoms with E-state index in [1.54, 1.807) is 12.3 Å². The van der Waals surface area contributed by atoms with Crippen molar-refractivity contribution in [1.29, 1.82) is 0 Å². The first-order chi connectivity index (χ1) is 27.9. The number of halogens is 2. The molecule has 1 aliphatic rings. The summed E-state index contributed by atoms with van der Waals surface area (Å²) in [6.07, 6.45) is -7.26. The number of nitrogen functional groups attached to an aromatic ring is 1. The molecule has 7 atom stereocenters. The Balaban J connectivity index is 1.30. The van der Waals surface area contributed by atoms with Crippen molar-refractivity contribution < 1.29 is 74.1 Å². The van der Waals surface area contributed by atoms with Crippen molar-refractivity contribution >= 4 is 75.5 Å². The van der Waals surface area contributed by atoms with E-state index in [4.69, 9.17) is 24.5 Å². The van der Waals surface area contributed by atoms with Crippen LogP contribution < -0.4 is 16.4 Å². The molecule has 0 radical (unpaired) electrons. The fourth-order valence-corrected chi connectivity index (χ4v) is 9.99. The lowest BCUT2D eigenvalue weighted by Gasteiger charge is -2.25. The smallest absolute Gasteiger partial charge is 0.439 e. The molecule has 6 rings (SSSR count). The van der Waals surface area contributed by atoms with Crippen molar-refractivity contribution in [1.82, 2.24) is 19.5 Å². The molecule has 314 valence electrons. The van der Waals surface area contributed by atoms with Crippen LogP contribution in [0.1, 0.15) is 11.8 Å². The van der Waals surface area contributed by atoms with Gasteiger partial charge < -0.3 is 34.6 Å². The molecular formula is C32H32F2N7O14P3S. The van der Waals surface area contributed by atoms with Crippen LogP contribution in [0.15, 0.2) is 90.3 Å². The van der Waals surface area contributed by atoms with Crippen LogP contribution in [0.5, 0.6) is 0 Å². The van der Waals surface area contributed by atoms with Gasteiger partial charge in [-0.25, -0.2) is 46.8 Å². The Hall–Kier alpha value is -4.83. The van der Waals surface area contributed by atoms with Gasteiger partial charge in [-0.05, 0) is 60.4 Å². The van der Waals surface area contributed by atoms with Gasteiger partial charge in [-0.2, -0.15) is 4.31 Å². The molecule has 4 unspecified atom stereocenters. The van der Waals surface area contributed by atoms with Crippen molar-refractivity contribution in [2.24, 2.45) is 0 Å². The molecule has 1 fully saturated rings. The zero-order valence-electron chi connectivity index (χ0n) is 30.0. The van der Waals surface area contributed by atoms with Crippen molar-refractivity contribution in [3.8, 4) is 0 Å². The molecule has 0 bridgehead atoms. The van der Waals surface area contributed by atoms with Crippen LogP contribution in [0, 0.1) is 11.6 Å². The molecule has 21 nitrogen and oxygen atoms in total. The van der Waals surface area contributed by atoms with Gasteiger partial charge in [0.1, 0.15) is 23.3 Å². The second-order valence-electron chi connectivity index (χ2n) is 12.2. The number of phosphoric acid groups is 2. The summed E-state index contributed by atoms with van der Waals surface area (Å²) >= 11 is 1.11. The Morgan fingerprint density at radius 1 is 0.847 bits per heavy atom. The molecule has 59 heavy (non-hydrogen) atoms. The van der Waals surface area contributed by atoms with Crippen molar-refractivity contribution in [2.45, 2.75) is 35.9 Å². The van der Waals surface area contributed by atoms with Gasteiger partial charge in [-0.15, -0.1) is 0 Å². The molecular weight excluding hydrogens is 869 g/mol. The van der Waals surface area contributed by atoms with Crippen LogP contribution >= 0.6 is 35.0 Å². The fraction of sp³-hybridized carbons (Fsp3) is 0.219. The number of carbonyl (C=O) groups excluding carboxylic acids is 2. The lowest BCUT2D eigenvalue weighted by molar-refractivity contribution is -0.0514. The van der Waals surface area contributed by atoms with Gasteiger partial charge in [0.25, 0.3) is 0 Å². The number of amides is 2. The summed E-state index contributed by atoms with van der Waals surface area (Å²) in [7, 11) is -16.5. The zero-order chi connectivity index (χ0) is 42.5. The highest BCUT2D eigenvalue weighted by atomic mass is 32.2. The Bertz CT molecular complexity index is 2460. The molecule has 1 aliphatic heterocycles. The van der Waals surface area contributed by atoms with Crippen LogP contribution in [-0.4, -0.2) is 77.6 Å². The van der Waals surface area contributed by atoms with Gasteiger partial charge in [-0.3, -0.25) is 24.3 Å². The van der Waals surface area contributed by atoms with Gasteiger partial charge in [0.15, 0.2) is 35.1 Å². The number of nitrogens with zero attached hydrogens (tertiary/aromatic N) is 4. The summed E-state index contributed by atoms with van der Waals surface area (Å²) in [6, 6.07) is 16.5. The second kappa shape index (κ2) is 18.2. The number of anilines is 3. The summed E-state index contributed by atoms with van der Waals surface area (Å²) in [5.41, 5.74) is 6.52. The second-order valence-corrected chi connectivity index (χ2v) is 18.0. The third-order valence-corrected chi connectivity index (χ3v) is 13.2. The lowest BCUT2D eigenvalue weighted by atomic mass is 10.1. The number of hydrogen-bond acceptors (Lipinski definition) is 16. The Morgan fingerprint density at radius 3 is 2.00 bits per heavy atom. The van der Waals surface area contributed by atoms with Gasteiger partial charge in [0.2, 0.25) is 0 Å². The van der Waals surface area contributed by atoms with E-state index in [9.17, 15) is 46.7 Å². The van der Waals surface area contributed by atoms with Crippen LogP contribution in [0.3, 0.4) is 0 Å². The SMILES string of the molecule is CSc1nc(N)c2ncn([C@@H]3O[C@H](COP(=O)(O)OP(=O)(O)OP(=O)(O)Cc4ccccc4)[C@H](OC(=O)Nc4ccc(F)cc4)C3OC(=O)Nc3ccc(F)cc3)c2n1. The minimum Gasteiger partial charge on any atom is -0.439 e. The molecule has 3 heterocycles. The summed E-state index contributed by atoms with van der Waals surface area (Å²) < 4.78 is 97.8. The number of rotatable bonds is 15. The monoisotopic (exact) mass is 901 g/mol. The van der Waals surface area contributed by atoms with Gasteiger partial charge in [-0.1, -0.05) is 42.1 Å². The normalized spacial score (nSPS) is 20.8. The highest BCUT2D eigenvalue weighted by Crippen LogP contribution is 2.68. The molecule has 27 heteroatoms. The first-order valence-corrected chi connectivity index (χ1v) is 22.6. The largest absolute Gasteiger partial charge is 0.488 e. The molecule has 2 aromatic heterocycles. The van der Waals surface area contributed by atoms with Crippen LogP contribution in [0.25, 0.3) is 11.2 Å². The number of benzene rings is 3. The van der Waals surface area contributed by atoms with E-state index in [0.717, 1.165) is 36.0 Å². The Labute approximate surface area is 335 Å². The summed E-state index contributed by atoms with van der Waals surface area (Å²) in [6.45, 7) is -1.14. The number of nitrogens with one attached hydrogen (secondary N) is 2. The zero-order valence-corrected chi connectivity index (χ0v) is 33.5. The predicted molar refractivity (Wildman–Crippen MR) is 204 cm³/mol. The van der Waals surface area contributed by atoms with Crippen molar-refractivity contribution in [2.75, 3.05) is 29.2 Å². The third kappa shape index (κ3) is 11.7. The van der Waals surface area contributed by atoms with Gasteiger partial charge in [0, 0.05) is 11.4 Å². The van der Waals surface area contributed by atoms with E-state index in [1.165, 1.54) is 59.4 Å². The highest BCUT2D eigenvalue weighted by Gasteiger charge is 2.52. The average molecular weight is 902 g/mol. The Kier molecular flexibility index (Phi) is 13.5. The maximum absolute atomic E-state index is 13.6. The van der Waals surface area contributed by atoms with E-state index in [2.05, 4.69) is 34.2 Å². The molecule has 0 saturated carbocycles. The van der Waals surface area contributed by atoms with E-state index in [0.29, 0.717) is 0 Å². The number of fused-ring (bicyclic) bond motifs is 1. The molecule has 1 saturated heterocycles. The number of carbonyl (C=O) groups is 2. The van der Waals surface area contributed by atoms with E-state index < -0.39 is 84.4 Å². The Morgan fingerprint density at radius 2 is 1.42 bits per heavy atom. The van der Waals surface area contributed by atoms with Crippen molar-refractivity contribution in [3.63, 3.8) is 0 Å². The molecule has 0 spiro atoms. The standard InChI is InChI=1S/C32H32F2N7O14P3S/c1-59-30-39-27(35)24-28(40-30)41(17-36-24)29-26(53-32(43)38-22-13-9-20(34)10-14-22)25(52-31(42)37-21-11-7-19(33)8-12-21)23(51-29)15-50-57(46,47)55-58(48,49)54-56(44,45)16-18-5-3-2-4-6-18/h2-14,17,23,25-26,29H,15-16H2,1H3,(H,37,42)(H,38,43)(H,44,45)(H,46,47)(H,48,49)(H2,35,39,40)/t23-,25+,26?,29-/m1/s1. The highest BCUT2D eigenvalue weighted by molar-refractivity contribution is 7.98. The topological polar surface area (TPSA) is 295 Å².